The van der Waals surface area contributed by atoms with E-state index < -0.39 is 0 Å². The van der Waals surface area contributed by atoms with Crippen LogP contribution in [-0.4, -0.2) is 36.1 Å². The monoisotopic (exact) mass is 335 g/mol. The summed E-state index contributed by atoms with van der Waals surface area (Å²) in [5.74, 6) is 0.454. The van der Waals surface area contributed by atoms with Crippen molar-refractivity contribution in [1.29, 1.82) is 0 Å². The zero-order valence-corrected chi connectivity index (χ0v) is 14.7. The first-order chi connectivity index (χ1) is 12.2. The van der Waals surface area contributed by atoms with E-state index in [1.165, 1.54) is 12.0 Å². The van der Waals surface area contributed by atoms with Crippen LogP contribution in [0.5, 0.6) is 0 Å². The Kier molecular flexibility index (Phi) is 4.58. The maximum Gasteiger partial charge on any atom is 0.338 e. The highest BCUT2D eigenvalue weighted by atomic mass is 16.5. The molecule has 0 N–H and O–H groups in total. The van der Waals surface area contributed by atoms with Crippen LogP contribution in [0.15, 0.2) is 60.7 Å². The van der Waals surface area contributed by atoms with Crippen molar-refractivity contribution in [2.45, 2.75) is 43.9 Å². The Labute approximate surface area is 149 Å². The molecule has 2 bridgehead atoms. The van der Waals surface area contributed by atoms with E-state index in [-0.39, 0.29) is 12.1 Å². The van der Waals surface area contributed by atoms with Gasteiger partial charge in [0.1, 0.15) is 6.10 Å². The Morgan fingerprint density at radius 1 is 1.00 bits per heavy atom. The summed E-state index contributed by atoms with van der Waals surface area (Å²) in [6.45, 7) is 0. The molecule has 3 heteroatoms. The Hall–Kier alpha value is -2.13. The average molecular weight is 335 g/mol. The van der Waals surface area contributed by atoms with Gasteiger partial charge in [-0.3, -0.25) is 4.90 Å². The molecule has 0 amide bonds. The van der Waals surface area contributed by atoms with Crippen LogP contribution in [0.4, 0.5) is 0 Å². The van der Waals surface area contributed by atoms with Gasteiger partial charge in [-0.05, 0) is 49.9 Å². The van der Waals surface area contributed by atoms with Gasteiger partial charge in [0.05, 0.1) is 5.56 Å². The molecule has 0 aromatic heterocycles. The number of carbonyl (C=O) groups excluding carboxylic acids is 1. The summed E-state index contributed by atoms with van der Waals surface area (Å²) in [7, 11) is 2.20. The van der Waals surface area contributed by atoms with E-state index >= 15 is 0 Å². The van der Waals surface area contributed by atoms with Crippen molar-refractivity contribution in [3.8, 4) is 0 Å². The molecule has 2 heterocycles. The number of likely N-dealkylation sites (N-methyl/N-ethyl adjacent to an activating group) is 1. The second kappa shape index (κ2) is 7.01. The van der Waals surface area contributed by atoms with Gasteiger partial charge in [-0.1, -0.05) is 48.5 Å². The van der Waals surface area contributed by atoms with Gasteiger partial charge in [0.25, 0.3) is 0 Å². The largest absolute Gasteiger partial charge is 0.457 e. The van der Waals surface area contributed by atoms with Crippen LogP contribution in [0.2, 0.25) is 0 Å². The molecular formula is C22H25NO2. The summed E-state index contributed by atoms with van der Waals surface area (Å²) < 4.78 is 5.90. The fourth-order valence-corrected chi connectivity index (χ4v) is 4.62. The molecule has 25 heavy (non-hydrogen) atoms. The molecular weight excluding hydrogens is 310 g/mol. The van der Waals surface area contributed by atoms with E-state index in [1.54, 1.807) is 0 Å². The molecule has 4 atom stereocenters. The molecule has 2 aromatic rings. The van der Waals surface area contributed by atoms with E-state index in [0.717, 1.165) is 19.3 Å². The molecule has 2 fully saturated rings. The summed E-state index contributed by atoms with van der Waals surface area (Å²) in [6, 6.07) is 20.9. The van der Waals surface area contributed by atoms with Crippen LogP contribution in [0.25, 0.3) is 0 Å². The van der Waals surface area contributed by atoms with Gasteiger partial charge in [0.2, 0.25) is 0 Å². The Bertz CT molecular complexity index is 715. The van der Waals surface area contributed by atoms with Crippen molar-refractivity contribution in [2.75, 3.05) is 7.05 Å². The summed E-state index contributed by atoms with van der Waals surface area (Å²) in [6.07, 6.45) is 4.41. The Balaban J connectivity index is 1.43. The zero-order valence-electron chi connectivity index (χ0n) is 14.7. The topological polar surface area (TPSA) is 29.5 Å². The average Bonchev–Trinajstić information content (AvgIpc) is 2.84. The van der Waals surface area contributed by atoms with Crippen molar-refractivity contribution >= 4 is 5.97 Å². The van der Waals surface area contributed by atoms with Gasteiger partial charge in [0.15, 0.2) is 0 Å². The molecule has 0 saturated carbocycles. The molecule has 3 nitrogen and oxygen atoms in total. The smallest absolute Gasteiger partial charge is 0.338 e. The molecule has 4 rings (SSSR count). The summed E-state index contributed by atoms with van der Waals surface area (Å²) in [5.41, 5.74) is 2.05. The minimum atomic E-state index is -0.189. The lowest BCUT2D eigenvalue weighted by molar-refractivity contribution is 0.0179. The molecule has 0 spiro atoms. The molecule has 4 unspecified atom stereocenters. The number of carbonyl (C=O) groups is 1. The van der Waals surface area contributed by atoms with E-state index in [2.05, 4.69) is 42.3 Å². The number of ether oxygens (including phenoxy) is 1. The number of esters is 1. The highest BCUT2D eigenvalue weighted by Gasteiger charge is 2.47. The normalized spacial score (nSPS) is 28.7. The van der Waals surface area contributed by atoms with Crippen LogP contribution < -0.4 is 0 Å². The van der Waals surface area contributed by atoms with E-state index in [1.807, 2.05) is 30.3 Å². The molecule has 2 aromatic carbocycles. The van der Waals surface area contributed by atoms with Gasteiger partial charge >= 0.3 is 5.97 Å². The van der Waals surface area contributed by atoms with Gasteiger partial charge in [0, 0.05) is 18.5 Å². The van der Waals surface area contributed by atoms with Gasteiger partial charge in [-0.2, -0.15) is 0 Å². The first kappa shape index (κ1) is 16.3. The third kappa shape index (κ3) is 3.34. The lowest BCUT2D eigenvalue weighted by Gasteiger charge is -2.37. The Morgan fingerprint density at radius 2 is 1.68 bits per heavy atom. The summed E-state index contributed by atoms with van der Waals surface area (Å²) in [4.78, 5) is 14.9. The van der Waals surface area contributed by atoms with Gasteiger partial charge < -0.3 is 4.74 Å². The van der Waals surface area contributed by atoms with E-state index in [0.29, 0.717) is 23.6 Å². The number of benzene rings is 2. The first-order valence-electron chi connectivity index (χ1n) is 9.24. The third-order valence-corrected chi connectivity index (χ3v) is 5.94. The van der Waals surface area contributed by atoms with Crippen LogP contribution in [0, 0.1) is 5.92 Å². The highest BCUT2D eigenvalue weighted by Crippen LogP contribution is 2.41. The standard InChI is InChI=1S/C22H25NO2/c1-23-19-13-12-18(14-16-8-4-2-5-9-16)20(23)15-21(19)25-22(24)17-10-6-3-7-11-17/h2-11,18-21H,12-15H2,1H3. The first-order valence-corrected chi connectivity index (χ1v) is 9.24. The number of piperidine rings is 1. The third-order valence-electron chi connectivity index (χ3n) is 5.94. The van der Waals surface area contributed by atoms with Crippen molar-refractivity contribution in [3.05, 3.63) is 71.8 Å². The quantitative estimate of drug-likeness (QED) is 0.793. The van der Waals surface area contributed by atoms with Crippen LogP contribution in [0.1, 0.15) is 35.2 Å². The van der Waals surface area contributed by atoms with E-state index in [4.69, 9.17) is 4.74 Å². The summed E-state index contributed by atoms with van der Waals surface area (Å²) >= 11 is 0. The maximum atomic E-state index is 12.4. The molecule has 130 valence electrons. The fourth-order valence-electron chi connectivity index (χ4n) is 4.62. The van der Waals surface area contributed by atoms with Crippen molar-refractivity contribution in [2.24, 2.45) is 5.92 Å². The van der Waals surface area contributed by atoms with Crippen LogP contribution in [0.3, 0.4) is 0 Å². The lowest BCUT2D eigenvalue weighted by Crippen LogP contribution is -2.44. The van der Waals surface area contributed by atoms with E-state index in [9.17, 15) is 4.79 Å². The summed E-state index contributed by atoms with van der Waals surface area (Å²) in [5, 5.41) is 0. The van der Waals surface area contributed by atoms with Crippen LogP contribution >= 0.6 is 0 Å². The highest BCUT2D eigenvalue weighted by molar-refractivity contribution is 5.89. The fraction of sp³-hybridized carbons (Fsp3) is 0.409. The predicted molar refractivity (Wildman–Crippen MR) is 98.5 cm³/mol. The SMILES string of the molecule is CN1C2CC(OC(=O)c3ccccc3)C1CCC2Cc1ccccc1. The van der Waals surface area contributed by atoms with Crippen molar-refractivity contribution < 1.29 is 9.53 Å². The number of nitrogens with zero attached hydrogens (tertiary/aromatic N) is 1. The number of hydrogen-bond acceptors (Lipinski definition) is 3. The predicted octanol–water partition coefficient (Wildman–Crippen LogP) is 3.94. The minimum absolute atomic E-state index is 0.0171. The minimum Gasteiger partial charge on any atom is -0.457 e. The van der Waals surface area contributed by atoms with Crippen molar-refractivity contribution in [1.82, 2.24) is 4.90 Å². The second-order valence-electron chi connectivity index (χ2n) is 7.37. The molecule has 2 aliphatic heterocycles. The molecule has 0 radical (unpaired) electrons. The molecule has 2 aliphatic rings. The van der Waals surface area contributed by atoms with Gasteiger partial charge in [-0.25, -0.2) is 4.79 Å². The van der Waals surface area contributed by atoms with Crippen LogP contribution in [-0.2, 0) is 11.2 Å². The molecule has 2 saturated heterocycles. The number of hydrogen-bond donors (Lipinski definition) is 0. The number of fused-ring (bicyclic) bond motifs is 2. The second-order valence-corrected chi connectivity index (χ2v) is 7.37. The Morgan fingerprint density at radius 3 is 2.40 bits per heavy atom. The van der Waals surface area contributed by atoms with Gasteiger partial charge in [-0.15, -0.1) is 0 Å². The van der Waals surface area contributed by atoms with Crippen molar-refractivity contribution in [3.63, 3.8) is 0 Å². The maximum absolute atomic E-state index is 12.4. The number of rotatable bonds is 4. The zero-order chi connectivity index (χ0) is 17.2. The lowest BCUT2D eigenvalue weighted by atomic mass is 9.85. The molecule has 0 aliphatic carbocycles.